The highest BCUT2D eigenvalue weighted by Crippen LogP contribution is 2.37. The number of rotatable bonds is 8. The van der Waals surface area contributed by atoms with Crippen molar-refractivity contribution >= 4 is 39.2 Å². The molecule has 4 aromatic rings. The van der Waals surface area contributed by atoms with E-state index < -0.39 is 0 Å². The van der Waals surface area contributed by atoms with Crippen LogP contribution in [0.3, 0.4) is 0 Å². The van der Waals surface area contributed by atoms with E-state index in [0.29, 0.717) is 18.9 Å². The monoisotopic (exact) mass is 449 g/mol. The van der Waals surface area contributed by atoms with Crippen LogP contribution in [0.25, 0.3) is 21.3 Å². The topological polar surface area (TPSA) is 64.1 Å². The Kier molecular flexibility index (Phi) is 6.96. The number of benzene rings is 2. The summed E-state index contributed by atoms with van der Waals surface area (Å²) in [4.78, 5) is 22.3. The Morgan fingerprint density at radius 2 is 1.87 bits per heavy atom. The minimum atomic E-state index is -0.0314. The molecule has 7 heteroatoms. The van der Waals surface area contributed by atoms with Crippen LogP contribution in [0.1, 0.15) is 16.7 Å². The maximum atomic E-state index is 12.5. The Hall–Kier alpha value is -2.74. The van der Waals surface area contributed by atoms with Crippen molar-refractivity contribution in [1.29, 1.82) is 0 Å². The number of ether oxygens (including phenoxy) is 1. The van der Waals surface area contributed by atoms with Gasteiger partial charge in [-0.2, -0.15) is 0 Å². The molecule has 0 radical (unpaired) electrons. The quantitative estimate of drug-likeness (QED) is 0.295. The first kappa shape index (κ1) is 21.5. The second kappa shape index (κ2) is 10.0. The zero-order chi connectivity index (χ0) is 21.6. The zero-order valence-corrected chi connectivity index (χ0v) is 19.1. The summed E-state index contributed by atoms with van der Waals surface area (Å²) in [6.07, 6.45) is 1.57. The number of thiophene rings is 1. The molecule has 0 atom stereocenters. The van der Waals surface area contributed by atoms with Gasteiger partial charge in [-0.05, 0) is 23.6 Å². The van der Waals surface area contributed by atoms with Gasteiger partial charge in [0.1, 0.15) is 16.2 Å². The molecule has 2 aromatic carbocycles. The van der Waals surface area contributed by atoms with Gasteiger partial charge in [0.15, 0.2) is 0 Å². The zero-order valence-electron chi connectivity index (χ0n) is 17.4. The number of carbonyl (C=O) groups excluding carboxylic acids is 1. The van der Waals surface area contributed by atoms with Crippen LogP contribution in [0.5, 0.6) is 0 Å². The van der Waals surface area contributed by atoms with Gasteiger partial charge in [-0.3, -0.25) is 4.79 Å². The molecule has 5 nitrogen and oxygen atoms in total. The van der Waals surface area contributed by atoms with Crippen molar-refractivity contribution in [1.82, 2.24) is 15.3 Å². The van der Waals surface area contributed by atoms with Gasteiger partial charge in [-0.15, -0.1) is 11.3 Å². The van der Waals surface area contributed by atoms with Gasteiger partial charge in [-0.25, -0.2) is 9.97 Å². The van der Waals surface area contributed by atoms with Crippen molar-refractivity contribution in [3.05, 3.63) is 76.9 Å². The number of nitrogens with zero attached hydrogens (tertiary/aromatic N) is 2. The number of thioether (sulfide) groups is 1. The minimum absolute atomic E-state index is 0.0314. The third-order valence-electron chi connectivity index (χ3n) is 4.93. The third kappa shape index (κ3) is 5.12. The fraction of sp³-hybridized carbons (Fsp3) is 0.208. The molecule has 0 unspecified atom stereocenters. The largest absolute Gasteiger partial charge is 0.380 e. The molecule has 0 aliphatic rings. The number of aryl methyl sites for hydroxylation is 1. The van der Waals surface area contributed by atoms with Crippen LogP contribution >= 0.6 is 23.1 Å². The van der Waals surface area contributed by atoms with Crippen LogP contribution in [-0.2, 0) is 22.7 Å². The summed E-state index contributed by atoms with van der Waals surface area (Å²) in [5.41, 5.74) is 5.60. The number of aromatic nitrogens is 2. The number of amides is 1. The molecule has 2 heterocycles. The van der Waals surface area contributed by atoms with Crippen molar-refractivity contribution in [2.24, 2.45) is 0 Å². The predicted octanol–water partition coefficient (Wildman–Crippen LogP) is 5.22. The first-order chi connectivity index (χ1) is 15.2. The van der Waals surface area contributed by atoms with E-state index in [4.69, 9.17) is 4.74 Å². The van der Waals surface area contributed by atoms with E-state index in [9.17, 15) is 4.79 Å². The minimum Gasteiger partial charge on any atom is -0.380 e. The average Bonchev–Trinajstić information content (AvgIpc) is 3.23. The number of hydrogen-bond donors (Lipinski definition) is 1. The molecule has 0 saturated carbocycles. The summed E-state index contributed by atoms with van der Waals surface area (Å²) in [7, 11) is 1.67. The number of fused-ring (bicyclic) bond motifs is 1. The SMILES string of the molecule is COCc1ccccc1CNC(=O)CSc1ncnc2scc(-c3ccc(C)cc3)c12. The second-order valence-electron chi connectivity index (χ2n) is 7.14. The molecule has 0 aliphatic carbocycles. The summed E-state index contributed by atoms with van der Waals surface area (Å²) >= 11 is 3.04. The van der Waals surface area contributed by atoms with Crippen LogP contribution in [0.15, 0.2) is 65.3 Å². The van der Waals surface area contributed by atoms with E-state index in [-0.39, 0.29) is 5.91 Å². The molecule has 0 saturated heterocycles. The highest BCUT2D eigenvalue weighted by atomic mass is 32.2. The lowest BCUT2D eigenvalue weighted by atomic mass is 10.1. The smallest absolute Gasteiger partial charge is 0.230 e. The molecule has 4 rings (SSSR count). The fourth-order valence-electron chi connectivity index (χ4n) is 3.31. The van der Waals surface area contributed by atoms with Crippen LogP contribution in [0, 0.1) is 6.92 Å². The first-order valence-electron chi connectivity index (χ1n) is 9.90. The molecule has 0 fully saturated rings. The first-order valence-corrected chi connectivity index (χ1v) is 11.8. The van der Waals surface area contributed by atoms with Gasteiger partial charge < -0.3 is 10.1 Å². The Labute approximate surface area is 189 Å². The summed E-state index contributed by atoms with van der Waals surface area (Å²) in [6.45, 7) is 3.08. The van der Waals surface area contributed by atoms with Gasteiger partial charge in [0.2, 0.25) is 5.91 Å². The predicted molar refractivity (Wildman–Crippen MR) is 127 cm³/mol. The van der Waals surface area contributed by atoms with Crippen molar-refractivity contribution in [2.75, 3.05) is 12.9 Å². The third-order valence-corrected chi connectivity index (χ3v) is 6.81. The Morgan fingerprint density at radius 3 is 2.65 bits per heavy atom. The molecule has 0 spiro atoms. The van der Waals surface area contributed by atoms with E-state index in [1.807, 2.05) is 24.3 Å². The lowest BCUT2D eigenvalue weighted by Gasteiger charge is -2.10. The van der Waals surface area contributed by atoms with Gasteiger partial charge in [0.25, 0.3) is 0 Å². The lowest BCUT2D eigenvalue weighted by molar-refractivity contribution is -0.118. The normalized spacial score (nSPS) is 11.0. The number of carbonyl (C=O) groups is 1. The highest BCUT2D eigenvalue weighted by molar-refractivity contribution is 8.00. The summed E-state index contributed by atoms with van der Waals surface area (Å²) in [5, 5.41) is 6.96. The molecular weight excluding hydrogens is 426 g/mol. The van der Waals surface area contributed by atoms with E-state index >= 15 is 0 Å². The van der Waals surface area contributed by atoms with Crippen molar-refractivity contribution in [2.45, 2.75) is 25.1 Å². The molecule has 158 valence electrons. The van der Waals surface area contributed by atoms with Gasteiger partial charge in [-0.1, -0.05) is 65.9 Å². The maximum Gasteiger partial charge on any atom is 0.230 e. The molecule has 1 N–H and O–H groups in total. The van der Waals surface area contributed by atoms with Crippen molar-refractivity contribution in [3.8, 4) is 11.1 Å². The Balaban J connectivity index is 1.46. The van der Waals surface area contributed by atoms with E-state index in [0.717, 1.165) is 37.5 Å². The van der Waals surface area contributed by atoms with Crippen molar-refractivity contribution in [3.63, 3.8) is 0 Å². The molecule has 1 amide bonds. The summed E-state index contributed by atoms with van der Waals surface area (Å²) < 4.78 is 5.24. The number of methoxy groups -OCH3 is 1. The van der Waals surface area contributed by atoms with Crippen LogP contribution in [0.2, 0.25) is 0 Å². The van der Waals surface area contributed by atoms with Crippen LogP contribution < -0.4 is 5.32 Å². The van der Waals surface area contributed by atoms with E-state index in [1.165, 1.54) is 17.3 Å². The summed E-state index contributed by atoms with van der Waals surface area (Å²) in [6, 6.07) is 16.4. The van der Waals surface area contributed by atoms with Gasteiger partial charge >= 0.3 is 0 Å². The molecule has 31 heavy (non-hydrogen) atoms. The lowest BCUT2D eigenvalue weighted by Crippen LogP contribution is -2.25. The number of hydrogen-bond acceptors (Lipinski definition) is 6. The standard InChI is InChI=1S/C24H23N3O2S2/c1-16-7-9-17(10-8-16)20-13-30-23-22(20)24(27-15-26-23)31-14-21(28)25-11-18-5-3-4-6-19(18)12-29-2/h3-10,13,15H,11-12,14H2,1-2H3,(H,25,28). The average molecular weight is 450 g/mol. The Morgan fingerprint density at radius 1 is 1.10 bits per heavy atom. The van der Waals surface area contributed by atoms with Crippen LogP contribution in [-0.4, -0.2) is 28.7 Å². The fourth-order valence-corrected chi connectivity index (χ4v) is 5.13. The van der Waals surface area contributed by atoms with Gasteiger partial charge in [0.05, 0.1) is 17.7 Å². The van der Waals surface area contributed by atoms with E-state index in [2.05, 4.69) is 51.9 Å². The molecule has 0 aliphatic heterocycles. The Bertz CT molecular complexity index is 1190. The van der Waals surface area contributed by atoms with E-state index in [1.54, 1.807) is 24.8 Å². The number of nitrogens with one attached hydrogen (secondary N) is 1. The second-order valence-corrected chi connectivity index (χ2v) is 8.96. The summed E-state index contributed by atoms with van der Waals surface area (Å²) in [5.74, 6) is 0.262. The molecular formula is C24H23N3O2S2. The van der Waals surface area contributed by atoms with Crippen LogP contribution in [0.4, 0.5) is 0 Å². The molecule has 0 bridgehead atoms. The van der Waals surface area contributed by atoms with Crippen molar-refractivity contribution < 1.29 is 9.53 Å². The maximum absolute atomic E-state index is 12.5. The highest BCUT2D eigenvalue weighted by Gasteiger charge is 2.15. The molecule has 2 aromatic heterocycles. The van der Waals surface area contributed by atoms with Gasteiger partial charge in [0, 0.05) is 24.6 Å².